The van der Waals surface area contributed by atoms with Gasteiger partial charge in [0.2, 0.25) is 29.5 Å². The van der Waals surface area contributed by atoms with E-state index in [1.54, 1.807) is 0 Å². The number of aromatic nitrogens is 1. The van der Waals surface area contributed by atoms with Crippen LogP contribution in [0.4, 0.5) is 0 Å². The zero-order valence-electron chi connectivity index (χ0n) is 15.2. The molecule has 0 fully saturated rings. The summed E-state index contributed by atoms with van der Waals surface area (Å²) >= 11 is 0. The highest BCUT2D eigenvalue weighted by Gasteiger charge is 2.40. The monoisotopic (exact) mass is 400 g/mol. The summed E-state index contributed by atoms with van der Waals surface area (Å²) in [5.41, 5.74) is 2.24. The van der Waals surface area contributed by atoms with Crippen LogP contribution >= 0.6 is 0 Å². The molecule has 0 aliphatic rings. The first-order valence-corrected chi connectivity index (χ1v) is 8.25. The molecule has 1 aromatic rings. The van der Waals surface area contributed by atoms with Crippen LogP contribution in [0.25, 0.3) is 0 Å². The number of rotatable bonds is 10. The lowest BCUT2D eigenvalue weighted by molar-refractivity contribution is -0.146. The Morgan fingerprint density at radius 1 is 1.07 bits per heavy atom. The molecule has 9 N–H and O–H groups in total. The molecule has 0 aliphatic heterocycles. The topological polar surface area (TPSA) is 211 Å². The van der Waals surface area contributed by atoms with E-state index in [9.17, 15) is 29.4 Å². The van der Waals surface area contributed by atoms with Crippen molar-refractivity contribution in [2.45, 2.75) is 32.6 Å². The average Bonchev–Trinajstić information content (AvgIpc) is 2.98. The third-order valence-corrected chi connectivity index (χ3v) is 3.99. The van der Waals surface area contributed by atoms with E-state index in [0.29, 0.717) is 4.73 Å². The second-order valence-corrected chi connectivity index (χ2v) is 6.04. The van der Waals surface area contributed by atoms with Crippen molar-refractivity contribution < 1.29 is 34.2 Å². The fourth-order valence-corrected chi connectivity index (χ4v) is 2.29. The lowest BCUT2D eigenvalue weighted by Gasteiger charge is -2.25. The van der Waals surface area contributed by atoms with Crippen LogP contribution in [0.5, 0.6) is 11.8 Å². The third kappa shape index (κ3) is 5.85. The predicted molar refractivity (Wildman–Crippen MR) is 93.6 cm³/mol. The molecule has 1 rings (SSSR count). The largest absolute Gasteiger partial charge is 0.492 e. The summed E-state index contributed by atoms with van der Waals surface area (Å²) < 4.78 is 0.538. The molecule has 0 aromatic carbocycles. The van der Waals surface area contributed by atoms with Gasteiger partial charge in [-0.3, -0.25) is 25.2 Å². The van der Waals surface area contributed by atoms with Gasteiger partial charge in [-0.2, -0.15) is 0 Å². The van der Waals surface area contributed by atoms with Crippen LogP contribution < -0.4 is 32.7 Å². The van der Waals surface area contributed by atoms with Gasteiger partial charge < -0.3 is 20.4 Å². The minimum Gasteiger partial charge on any atom is -0.492 e. The Kier molecular flexibility index (Phi) is 8.22. The molecule has 0 saturated heterocycles. The average molecular weight is 400 g/mol. The van der Waals surface area contributed by atoms with E-state index >= 15 is 0 Å². The van der Waals surface area contributed by atoms with Crippen molar-refractivity contribution in [1.29, 1.82) is 0 Å². The van der Waals surface area contributed by atoms with Gasteiger partial charge in [0.15, 0.2) is 0 Å². The van der Waals surface area contributed by atoms with E-state index in [4.69, 9.17) is 16.5 Å². The number of hydrogen-bond acceptors (Lipinski definition) is 9. The van der Waals surface area contributed by atoms with Gasteiger partial charge in [0.25, 0.3) is 0 Å². The van der Waals surface area contributed by atoms with Crippen LogP contribution in [0.1, 0.15) is 32.6 Å². The molecule has 1 heterocycles. The second-order valence-electron chi connectivity index (χ2n) is 6.04. The van der Waals surface area contributed by atoms with Crippen molar-refractivity contribution >= 4 is 23.7 Å². The summed E-state index contributed by atoms with van der Waals surface area (Å²) in [4.78, 5) is 51.7. The highest BCUT2D eigenvalue weighted by Crippen LogP contribution is 2.24. The molecule has 0 saturated carbocycles. The van der Waals surface area contributed by atoms with E-state index in [-0.39, 0.29) is 32.2 Å². The molecule has 1 aromatic heterocycles. The smallest absolute Gasteiger partial charge is 0.334 e. The van der Waals surface area contributed by atoms with Crippen LogP contribution in [0.3, 0.4) is 0 Å². The first kappa shape index (κ1) is 22.7. The fraction of sp³-hybridized carbons (Fsp3) is 0.467. The number of nitrogens with zero attached hydrogens (tertiary/aromatic N) is 1. The number of carbonyl (C=O) groups is 4. The van der Waals surface area contributed by atoms with Crippen molar-refractivity contribution in [2.75, 3.05) is 6.54 Å². The summed E-state index contributed by atoms with van der Waals surface area (Å²) in [5, 5.41) is 21.2. The molecular weight excluding hydrogens is 376 g/mol. The standard InChI is InChI=1S/C15H24N6O7/c1-15(13(26)19-16,14(27)20-17)7-2-3-9(22)18-8-6-12(25)28-21-10(23)4-5-11(21)24/h4-5,23-24H,2-3,6-8,16-17H2,1H3,(H,18,22)(H,19,26)(H,20,27). The van der Waals surface area contributed by atoms with Gasteiger partial charge in [0.05, 0.1) is 6.42 Å². The van der Waals surface area contributed by atoms with E-state index in [1.807, 2.05) is 10.9 Å². The number of nitrogens with one attached hydrogen (secondary N) is 3. The maximum atomic E-state index is 11.8. The fourth-order valence-electron chi connectivity index (χ4n) is 2.29. The van der Waals surface area contributed by atoms with Gasteiger partial charge in [-0.05, 0) is 19.8 Å². The normalized spacial score (nSPS) is 10.8. The van der Waals surface area contributed by atoms with Crippen molar-refractivity contribution in [1.82, 2.24) is 20.9 Å². The molecule has 13 heteroatoms. The molecule has 3 amide bonds. The zero-order valence-corrected chi connectivity index (χ0v) is 15.2. The van der Waals surface area contributed by atoms with Crippen molar-refractivity contribution in [3.63, 3.8) is 0 Å². The van der Waals surface area contributed by atoms with Crippen LogP contribution in [0.15, 0.2) is 12.1 Å². The highest BCUT2D eigenvalue weighted by molar-refractivity contribution is 6.04. The van der Waals surface area contributed by atoms with Crippen molar-refractivity contribution in [3.8, 4) is 11.8 Å². The number of nitrogens with two attached hydrogens (primary N) is 2. The highest BCUT2D eigenvalue weighted by atomic mass is 16.7. The Labute approximate surface area is 159 Å². The molecule has 0 atom stereocenters. The van der Waals surface area contributed by atoms with Gasteiger partial charge >= 0.3 is 5.97 Å². The minimum atomic E-state index is -1.53. The molecule has 0 unspecified atom stereocenters. The first-order chi connectivity index (χ1) is 13.2. The van der Waals surface area contributed by atoms with Gasteiger partial charge in [-0.1, -0.05) is 0 Å². The Morgan fingerprint density at radius 2 is 1.61 bits per heavy atom. The Bertz CT molecular complexity index is 697. The number of carbonyl (C=O) groups excluding carboxylic acids is 4. The minimum absolute atomic E-state index is 0.0144. The molecule has 13 nitrogen and oxygen atoms in total. The maximum absolute atomic E-state index is 11.8. The molecule has 156 valence electrons. The summed E-state index contributed by atoms with van der Waals surface area (Å²) in [7, 11) is 0. The Balaban J connectivity index is 2.37. The molecule has 0 radical (unpaired) electrons. The van der Waals surface area contributed by atoms with Gasteiger partial charge in [0.1, 0.15) is 5.41 Å². The number of hydrazine groups is 2. The van der Waals surface area contributed by atoms with E-state index in [2.05, 4.69) is 5.32 Å². The number of aromatic hydroxyl groups is 2. The van der Waals surface area contributed by atoms with Gasteiger partial charge in [-0.25, -0.2) is 16.5 Å². The van der Waals surface area contributed by atoms with E-state index < -0.39 is 40.9 Å². The summed E-state index contributed by atoms with van der Waals surface area (Å²) in [6.45, 7) is 1.29. The van der Waals surface area contributed by atoms with Crippen LogP contribution in [0.2, 0.25) is 0 Å². The van der Waals surface area contributed by atoms with Gasteiger partial charge in [0, 0.05) is 25.1 Å². The summed E-state index contributed by atoms with van der Waals surface area (Å²) in [6, 6.07) is 2.27. The van der Waals surface area contributed by atoms with Crippen LogP contribution in [-0.2, 0) is 19.2 Å². The number of hydrogen-bond donors (Lipinski definition) is 7. The molecule has 0 bridgehead atoms. The van der Waals surface area contributed by atoms with Crippen molar-refractivity contribution in [2.24, 2.45) is 17.1 Å². The zero-order chi connectivity index (χ0) is 21.3. The third-order valence-electron chi connectivity index (χ3n) is 3.99. The Morgan fingerprint density at radius 3 is 2.11 bits per heavy atom. The van der Waals surface area contributed by atoms with Gasteiger partial charge in [-0.15, -0.1) is 4.73 Å². The van der Waals surface area contributed by atoms with E-state index in [1.165, 1.54) is 6.92 Å². The van der Waals surface area contributed by atoms with Crippen LogP contribution in [0, 0.1) is 5.41 Å². The Hall–Kier alpha value is -3.32. The van der Waals surface area contributed by atoms with Crippen LogP contribution in [-0.4, -0.2) is 45.2 Å². The summed E-state index contributed by atoms with van der Waals surface area (Å²) in [5.74, 6) is 6.53. The first-order valence-electron chi connectivity index (χ1n) is 8.25. The SMILES string of the molecule is CC(CCCC(=O)NCCC(=O)On1c(O)ccc1O)(C(=O)NN)C(=O)NN. The quantitative estimate of drug-likeness (QED) is 0.0957. The molecule has 0 spiro atoms. The molecule has 28 heavy (non-hydrogen) atoms. The maximum Gasteiger partial charge on any atom is 0.334 e. The predicted octanol–water partition coefficient (Wildman–Crippen LogP) is -2.48. The number of amides is 3. The molecule has 0 aliphatic carbocycles. The lowest BCUT2D eigenvalue weighted by Crippen LogP contribution is -2.53. The van der Waals surface area contributed by atoms with Crippen molar-refractivity contribution in [3.05, 3.63) is 12.1 Å². The summed E-state index contributed by atoms with van der Waals surface area (Å²) in [6.07, 6.45) is -0.0371. The molecular formula is C15H24N6O7. The lowest BCUT2D eigenvalue weighted by atomic mass is 9.83. The second kappa shape index (κ2) is 10.1. The van der Waals surface area contributed by atoms with E-state index in [0.717, 1.165) is 12.1 Å².